The summed E-state index contributed by atoms with van der Waals surface area (Å²) < 4.78 is 10.1. The van der Waals surface area contributed by atoms with Gasteiger partial charge in [-0.2, -0.15) is 11.8 Å². The second-order valence-electron chi connectivity index (χ2n) is 7.58. The lowest BCUT2D eigenvalue weighted by Gasteiger charge is -2.34. The Morgan fingerprint density at radius 1 is 1.20 bits per heavy atom. The normalized spacial score (nSPS) is 22.3. The number of hydrogen-bond donors (Lipinski definition) is 1. The smallest absolute Gasteiger partial charge is 0.338 e. The largest absolute Gasteiger partial charge is 0.464 e. The zero-order valence-corrected chi connectivity index (χ0v) is 18.4. The topological polar surface area (TPSA) is 88.2 Å². The molecule has 3 rings (SSSR count). The molecule has 3 atom stereocenters. The van der Waals surface area contributed by atoms with Gasteiger partial charge in [0.2, 0.25) is 5.91 Å². The molecule has 30 heavy (non-hydrogen) atoms. The van der Waals surface area contributed by atoms with E-state index in [1.807, 2.05) is 29.4 Å². The number of piperidine rings is 1. The van der Waals surface area contributed by atoms with E-state index in [1.165, 1.54) is 5.56 Å². The predicted octanol–water partition coefficient (Wildman–Crippen LogP) is 1.96. The molecule has 7 nitrogen and oxygen atoms in total. The van der Waals surface area contributed by atoms with E-state index in [4.69, 9.17) is 9.47 Å². The molecule has 0 aliphatic carbocycles. The molecule has 0 aromatic heterocycles. The molecule has 8 heteroatoms. The van der Waals surface area contributed by atoms with Crippen LogP contribution in [-0.4, -0.2) is 72.6 Å². The van der Waals surface area contributed by atoms with Crippen molar-refractivity contribution in [1.29, 1.82) is 0 Å². The Labute approximate surface area is 181 Å². The Balaban J connectivity index is 1.54. The Morgan fingerprint density at radius 3 is 2.53 bits per heavy atom. The summed E-state index contributed by atoms with van der Waals surface area (Å²) in [6, 6.07) is 9.77. The fourth-order valence-corrected chi connectivity index (χ4v) is 4.31. The van der Waals surface area contributed by atoms with E-state index in [1.54, 1.807) is 18.7 Å². The summed E-state index contributed by atoms with van der Waals surface area (Å²) in [4.78, 5) is 39.2. The fraction of sp³-hybridized carbons (Fsp3) is 0.591. The number of esters is 1. The molecule has 0 radical (unpaired) electrons. The number of benzene rings is 1. The molecule has 2 amide bonds. The van der Waals surface area contributed by atoms with Gasteiger partial charge in [0.25, 0.3) is 5.91 Å². The van der Waals surface area contributed by atoms with Gasteiger partial charge in [0.05, 0.1) is 6.61 Å². The fourth-order valence-electron chi connectivity index (χ4n) is 3.84. The van der Waals surface area contributed by atoms with Crippen molar-refractivity contribution in [2.75, 3.05) is 31.7 Å². The van der Waals surface area contributed by atoms with Crippen molar-refractivity contribution >= 4 is 29.5 Å². The van der Waals surface area contributed by atoms with E-state index in [-0.39, 0.29) is 12.5 Å². The van der Waals surface area contributed by atoms with Gasteiger partial charge in [-0.1, -0.05) is 30.3 Å². The van der Waals surface area contributed by atoms with Crippen molar-refractivity contribution in [3.63, 3.8) is 0 Å². The predicted molar refractivity (Wildman–Crippen MR) is 115 cm³/mol. The van der Waals surface area contributed by atoms with Crippen molar-refractivity contribution in [2.45, 2.75) is 50.4 Å². The highest BCUT2D eigenvalue weighted by atomic mass is 32.2. The number of nitrogens with one attached hydrogen (secondary N) is 1. The van der Waals surface area contributed by atoms with Crippen LogP contribution >= 0.6 is 11.8 Å². The second kappa shape index (κ2) is 10.8. The molecule has 0 spiro atoms. The van der Waals surface area contributed by atoms with Crippen molar-refractivity contribution in [3.05, 3.63) is 35.9 Å². The van der Waals surface area contributed by atoms with Crippen LogP contribution in [0.1, 0.15) is 37.7 Å². The molecule has 2 aliphatic heterocycles. The van der Waals surface area contributed by atoms with E-state index in [2.05, 4.69) is 17.4 Å². The maximum atomic E-state index is 13.1. The number of amides is 2. The van der Waals surface area contributed by atoms with Crippen LogP contribution < -0.4 is 5.32 Å². The third-order valence-electron chi connectivity index (χ3n) is 5.57. The summed E-state index contributed by atoms with van der Waals surface area (Å²) >= 11 is 1.63. The SMILES string of the molecule is CCOC(=O)[C@H]1O[C@@H]1C(=O)N[C@@H](CCSC)C(=O)N1CCC(c2ccccc2)CC1. The lowest BCUT2D eigenvalue weighted by atomic mass is 9.89. The molecule has 1 N–H and O–H groups in total. The monoisotopic (exact) mass is 434 g/mol. The molecular weight excluding hydrogens is 404 g/mol. The van der Waals surface area contributed by atoms with Crippen LogP contribution in [0.4, 0.5) is 0 Å². The van der Waals surface area contributed by atoms with Crippen LogP contribution in [0, 0.1) is 0 Å². The number of carbonyl (C=O) groups is 3. The minimum absolute atomic E-state index is 0.0581. The van der Waals surface area contributed by atoms with Crippen LogP contribution in [0.3, 0.4) is 0 Å². The van der Waals surface area contributed by atoms with Crippen molar-refractivity contribution < 1.29 is 23.9 Å². The van der Waals surface area contributed by atoms with Gasteiger partial charge < -0.3 is 19.7 Å². The van der Waals surface area contributed by atoms with Crippen LogP contribution in [0.25, 0.3) is 0 Å². The highest BCUT2D eigenvalue weighted by molar-refractivity contribution is 7.98. The Bertz CT molecular complexity index is 736. The lowest BCUT2D eigenvalue weighted by Crippen LogP contribution is -2.52. The Morgan fingerprint density at radius 2 is 1.90 bits per heavy atom. The van der Waals surface area contributed by atoms with Crippen molar-refractivity contribution in [2.24, 2.45) is 0 Å². The van der Waals surface area contributed by atoms with Gasteiger partial charge in [-0.3, -0.25) is 9.59 Å². The third-order valence-corrected chi connectivity index (χ3v) is 6.22. The quantitative estimate of drug-likeness (QED) is 0.472. The molecule has 0 unspecified atom stereocenters. The van der Waals surface area contributed by atoms with E-state index in [0.717, 1.165) is 18.6 Å². The summed E-state index contributed by atoms with van der Waals surface area (Å²) in [7, 11) is 0. The summed E-state index contributed by atoms with van der Waals surface area (Å²) in [5.74, 6) is 0.195. The maximum Gasteiger partial charge on any atom is 0.338 e. The zero-order valence-electron chi connectivity index (χ0n) is 17.5. The van der Waals surface area contributed by atoms with Gasteiger partial charge in [0, 0.05) is 13.1 Å². The Hall–Kier alpha value is -2.06. The lowest BCUT2D eigenvalue weighted by molar-refractivity contribution is -0.144. The van der Waals surface area contributed by atoms with E-state index in [9.17, 15) is 14.4 Å². The molecular formula is C22H30N2O5S. The molecule has 2 saturated heterocycles. The average Bonchev–Trinajstić information content (AvgIpc) is 3.58. The number of ether oxygens (including phenoxy) is 2. The molecule has 1 aromatic carbocycles. The maximum absolute atomic E-state index is 13.1. The first-order valence-corrected chi connectivity index (χ1v) is 11.9. The molecule has 164 valence electrons. The van der Waals surface area contributed by atoms with E-state index >= 15 is 0 Å². The number of rotatable bonds is 9. The number of thioether (sulfide) groups is 1. The van der Waals surface area contributed by atoms with Gasteiger partial charge in [0.1, 0.15) is 6.04 Å². The standard InChI is InChI=1S/C22H30N2O5S/c1-3-28-22(27)19-18(29-19)20(25)23-17(11-14-30-2)21(26)24-12-9-16(10-13-24)15-7-5-4-6-8-15/h4-8,16-19H,3,9-14H2,1-2H3,(H,23,25)/t17-,18-,19-/m0/s1. The van der Waals surface area contributed by atoms with Gasteiger partial charge in [-0.15, -0.1) is 0 Å². The van der Waals surface area contributed by atoms with Crippen LogP contribution in [0.15, 0.2) is 30.3 Å². The first-order chi connectivity index (χ1) is 14.5. The Kier molecular flexibility index (Phi) is 8.16. The molecule has 0 saturated carbocycles. The van der Waals surface area contributed by atoms with Gasteiger partial charge in [0.15, 0.2) is 12.2 Å². The van der Waals surface area contributed by atoms with E-state index in [0.29, 0.717) is 25.4 Å². The van der Waals surface area contributed by atoms with Crippen LogP contribution in [0.2, 0.25) is 0 Å². The molecule has 2 heterocycles. The molecule has 2 aliphatic rings. The van der Waals surface area contributed by atoms with Crippen LogP contribution in [0.5, 0.6) is 0 Å². The molecule has 0 bridgehead atoms. The number of carbonyl (C=O) groups excluding carboxylic acids is 3. The minimum Gasteiger partial charge on any atom is -0.464 e. The van der Waals surface area contributed by atoms with E-state index < -0.39 is 30.1 Å². The van der Waals surface area contributed by atoms with Gasteiger partial charge in [-0.05, 0) is 49.7 Å². The summed E-state index contributed by atoms with van der Waals surface area (Å²) in [5, 5.41) is 2.80. The third kappa shape index (κ3) is 5.76. The number of hydrogen-bond acceptors (Lipinski definition) is 6. The average molecular weight is 435 g/mol. The highest BCUT2D eigenvalue weighted by Gasteiger charge is 2.52. The summed E-state index contributed by atoms with van der Waals surface area (Å²) in [6.45, 7) is 3.29. The van der Waals surface area contributed by atoms with Crippen molar-refractivity contribution in [1.82, 2.24) is 10.2 Å². The zero-order chi connectivity index (χ0) is 21.5. The highest BCUT2D eigenvalue weighted by Crippen LogP contribution is 2.28. The first-order valence-electron chi connectivity index (χ1n) is 10.5. The minimum atomic E-state index is -0.863. The molecule has 1 aromatic rings. The number of nitrogens with zero attached hydrogens (tertiary/aromatic N) is 1. The summed E-state index contributed by atoms with van der Waals surface area (Å²) in [5.41, 5.74) is 1.31. The van der Waals surface area contributed by atoms with Crippen molar-refractivity contribution in [3.8, 4) is 0 Å². The first kappa shape index (κ1) is 22.6. The number of likely N-dealkylation sites (tertiary alicyclic amines) is 1. The molecule has 2 fully saturated rings. The second-order valence-corrected chi connectivity index (χ2v) is 8.57. The summed E-state index contributed by atoms with van der Waals surface area (Å²) in [6.07, 6.45) is 2.61. The van der Waals surface area contributed by atoms with Crippen LogP contribution in [-0.2, 0) is 23.9 Å². The van der Waals surface area contributed by atoms with Gasteiger partial charge >= 0.3 is 5.97 Å². The number of epoxide rings is 1. The van der Waals surface area contributed by atoms with Gasteiger partial charge in [-0.25, -0.2) is 4.79 Å².